The van der Waals surface area contributed by atoms with Crippen molar-refractivity contribution in [3.05, 3.63) is 70.5 Å². The van der Waals surface area contributed by atoms with E-state index >= 15 is 0 Å². The number of benzene rings is 2. The molecule has 1 unspecified atom stereocenters. The summed E-state index contributed by atoms with van der Waals surface area (Å²) in [5, 5.41) is 3.57. The number of rotatable bonds is 5. The van der Waals surface area contributed by atoms with E-state index in [4.69, 9.17) is 0 Å². The van der Waals surface area contributed by atoms with Crippen molar-refractivity contribution in [2.24, 2.45) is 0 Å². The lowest BCUT2D eigenvalue weighted by atomic mass is 9.92. The van der Waals surface area contributed by atoms with Crippen molar-refractivity contribution in [3.63, 3.8) is 0 Å². The lowest BCUT2D eigenvalue weighted by molar-refractivity contribution is 0.590. The quantitative estimate of drug-likeness (QED) is 0.842. The standard InChI is InChI=1S/C18H22FN/c1-4-12-20-18(15-8-10-16(19)11-9-15)17-7-5-6-13(2)14(17)3/h5-11,18,20H,4,12H2,1-3H3. The van der Waals surface area contributed by atoms with Gasteiger partial charge in [-0.1, -0.05) is 37.3 Å². The molecule has 2 rings (SSSR count). The molecule has 0 bridgehead atoms. The summed E-state index contributed by atoms with van der Waals surface area (Å²) in [4.78, 5) is 0. The van der Waals surface area contributed by atoms with E-state index in [0.717, 1.165) is 18.5 Å². The molecule has 0 saturated carbocycles. The Bertz CT molecular complexity index is 560. The molecule has 0 aromatic heterocycles. The fraction of sp³-hybridized carbons (Fsp3) is 0.333. The Morgan fingerprint density at radius 2 is 1.75 bits per heavy atom. The van der Waals surface area contributed by atoms with Crippen LogP contribution in [0.2, 0.25) is 0 Å². The smallest absolute Gasteiger partial charge is 0.123 e. The van der Waals surface area contributed by atoms with Crippen LogP contribution in [-0.2, 0) is 0 Å². The Hall–Kier alpha value is -1.67. The van der Waals surface area contributed by atoms with Crippen LogP contribution in [0.1, 0.15) is 41.6 Å². The highest BCUT2D eigenvalue weighted by molar-refractivity contribution is 5.40. The van der Waals surface area contributed by atoms with E-state index in [0.29, 0.717) is 0 Å². The maximum absolute atomic E-state index is 13.1. The molecule has 0 radical (unpaired) electrons. The Labute approximate surface area is 120 Å². The van der Waals surface area contributed by atoms with E-state index < -0.39 is 0 Å². The van der Waals surface area contributed by atoms with Crippen molar-refractivity contribution in [2.75, 3.05) is 6.54 Å². The number of aryl methyl sites for hydroxylation is 1. The van der Waals surface area contributed by atoms with Crippen LogP contribution in [0.4, 0.5) is 4.39 Å². The Kier molecular flexibility index (Phi) is 4.91. The third kappa shape index (κ3) is 3.26. The van der Waals surface area contributed by atoms with Crippen LogP contribution in [0, 0.1) is 19.7 Å². The van der Waals surface area contributed by atoms with Gasteiger partial charge in [-0.15, -0.1) is 0 Å². The summed E-state index contributed by atoms with van der Waals surface area (Å²) < 4.78 is 13.1. The molecule has 2 heteroatoms. The molecule has 2 aromatic carbocycles. The molecular weight excluding hydrogens is 249 g/mol. The zero-order valence-corrected chi connectivity index (χ0v) is 12.4. The number of halogens is 1. The summed E-state index contributed by atoms with van der Waals surface area (Å²) in [5.41, 5.74) is 4.96. The molecule has 0 aliphatic carbocycles. The first-order valence-electron chi connectivity index (χ1n) is 7.18. The second-order valence-corrected chi connectivity index (χ2v) is 5.23. The predicted octanol–water partition coefficient (Wildman–Crippen LogP) is 4.53. The fourth-order valence-corrected chi connectivity index (χ4v) is 2.44. The van der Waals surface area contributed by atoms with Gasteiger partial charge in [-0.3, -0.25) is 0 Å². The molecule has 0 amide bonds. The Balaban J connectivity index is 2.41. The van der Waals surface area contributed by atoms with Crippen LogP contribution in [0.25, 0.3) is 0 Å². The first kappa shape index (κ1) is 14.7. The average molecular weight is 271 g/mol. The lowest BCUT2D eigenvalue weighted by Crippen LogP contribution is -2.24. The first-order chi connectivity index (χ1) is 9.63. The van der Waals surface area contributed by atoms with Crippen LogP contribution in [-0.4, -0.2) is 6.54 Å². The summed E-state index contributed by atoms with van der Waals surface area (Å²) in [7, 11) is 0. The van der Waals surface area contributed by atoms with Crippen molar-refractivity contribution >= 4 is 0 Å². The van der Waals surface area contributed by atoms with E-state index in [9.17, 15) is 4.39 Å². The van der Waals surface area contributed by atoms with Gasteiger partial charge in [0.15, 0.2) is 0 Å². The van der Waals surface area contributed by atoms with Gasteiger partial charge < -0.3 is 5.32 Å². The highest BCUT2D eigenvalue weighted by atomic mass is 19.1. The van der Waals surface area contributed by atoms with Crippen LogP contribution in [0.3, 0.4) is 0 Å². The first-order valence-corrected chi connectivity index (χ1v) is 7.18. The SMILES string of the molecule is CCCNC(c1ccc(F)cc1)c1cccc(C)c1C. The van der Waals surface area contributed by atoms with Gasteiger partial charge in [-0.05, 0) is 61.2 Å². The maximum Gasteiger partial charge on any atom is 0.123 e. The minimum atomic E-state index is -0.191. The largest absolute Gasteiger partial charge is 0.306 e. The normalized spacial score (nSPS) is 12.4. The van der Waals surface area contributed by atoms with Crippen molar-refractivity contribution in [1.82, 2.24) is 5.32 Å². The van der Waals surface area contributed by atoms with Crippen LogP contribution < -0.4 is 5.32 Å². The molecular formula is C18H22FN. The zero-order valence-electron chi connectivity index (χ0n) is 12.4. The second-order valence-electron chi connectivity index (χ2n) is 5.23. The molecule has 106 valence electrons. The average Bonchev–Trinajstić information content (AvgIpc) is 2.45. The summed E-state index contributed by atoms with van der Waals surface area (Å²) in [6.45, 7) is 7.36. The minimum absolute atomic E-state index is 0.121. The summed E-state index contributed by atoms with van der Waals surface area (Å²) in [6, 6.07) is 13.3. The van der Waals surface area contributed by atoms with Gasteiger partial charge in [0, 0.05) is 0 Å². The van der Waals surface area contributed by atoms with Gasteiger partial charge in [0.25, 0.3) is 0 Å². The summed E-state index contributed by atoms with van der Waals surface area (Å²) >= 11 is 0. The summed E-state index contributed by atoms with van der Waals surface area (Å²) in [5.74, 6) is -0.191. The van der Waals surface area contributed by atoms with Crippen molar-refractivity contribution in [3.8, 4) is 0 Å². The van der Waals surface area contributed by atoms with Crippen LogP contribution in [0.5, 0.6) is 0 Å². The summed E-state index contributed by atoms with van der Waals surface area (Å²) in [6.07, 6.45) is 1.07. The molecule has 0 spiro atoms. The van der Waals surface area contributed by atoms with Gasteiger partial charge in [-0.25, -0.2) is 4.39 Å². The van der Waals surface area contributed by atoms with E-state index in [2.05, 4.69) is 44.3 Å². The molecule has 2 aromatic rings. The third-order valence-electron chi connectivity index (χ3n) is 3.76. The molecule has 1 nitrogen and oxygen atoms in total. The predicted molar refractivity (Wildman–Crippen MR) is 82.5 cm³/mol. The third-order valence-corrected chi connectivity index (χ3v) is 3.76. The molecule has 1 atom stereocenters. The highest BCUT2D eigenvalue weighted by Gasteiger charge is 2.16. The second kappa shape index (κ2) is 6.67. The van der Waals surface area contributed by atoms with Gasteiger partial charge in [-0.2, -0.15) is 0 Å². The van der Waals surface area contributed by atoms with Crippen molar-refractivity contribution in [1.29, 1.82) is 0 Å². The molecule has 0 fully saturated rings. The van der Waals surface area contributed by atoms with E-state index in [1.807, 2.05) is 12.1 Å². The maximum atomic E-state index is 13.1. The number of hydrogen-bond acceptors (Lipinski definition) is 1. The molecule has 0 saturated heterocycles. The Morgan fingerprint density at radius 1 is 1.05 bits per heavy atom. The lowest BCUT2D eigenvalue weighted by Gasteiger charge is -2.22. The number of nitrogens with one attached hydrogen (secondary N) is 1. The molecule has 20 heavy (non-hydrogen) atoms. The fourth-order valence-electron chi connectivity index (χ4n) is 2.44. The van der Waals surface area contributed by atoms with Crippen molar-refractivity contribution < 1.29 is 4.39 Å². The monoisotopic (exact) mass is 271 g/mol. The van der Waals surface area contributed by atoms with Gasteiger partial charge in [0.2, 0.25) is 0 Å². The number of hydrogen-bond donors (Lipinski definition) is 1. The van der Waals surface area contributed by atoms with E-state index in [1.165, 1.54) is 28.8 Å². The van der Waals surface area contributed by atoms with Crippen LogP contribution >= 0.6 is 0 Å². The van der Waals surface area contributed by atoms with Gasteiger partial charge in [0.05, 0.1) is 6.04 Å². The van der Waals surface area contributed by atoms with E-state index in [1.54, 1.807) is 0 Å². The minimum Gasteiger partial charge on any atom is -0.306 e. The highest BCUT2D eigenvalue weighted by Crippen LogP contribution is 2.26. The van der Waals surface area contributed by atoms with Crippen LogP contribution in [0.15, 0.2) is 42.5 Å². The molecule has 1 N–H and O–H groups in total. The van der Waals surface area contributed by atoms with E-state index in [-0.39, 0.29) is 11.9 Å². The molecule has 0 aliphatic heterocycles. The Morgan fingerprint density at radius 3 is 2.40 bits per heavy atom. The molecule has 0 aliphatic rings. The van der Waals surface area contributed by atoms with Gasteiger partial charge >= 0.3 is 0 Å². The van der Waals surface area contributed by atoms with Crippen molar-refractivity contribution in [2.45, 2.75) is 33.2 Å². The molecule has 0 heterocycles. The zero-order chi connectivity index (χ0) is 14.5. The topological polar surface area (TPSA) is 12.0 Å². The van der Waals surface area contributed by atoms with Gasteiger partial charge in [0.1, 0.15) is 5.82 Å².